The summed E-state index contributed by atoms with van der Waals surface area (Å²) < 4.78 is 6.18. The first-order valence-electron chi connectivity index (χ1n) is 6.28. The minimum Gasteiger partial charge on any atom is -0.411 e. The summed E-state index contributed by atoms with van der Waals surface area (Å²) in [7, 11) is -1.68. The number of rotatable bonds is 5. The van der Waals surface area contributed by atoms with Crippen molar-refractivity contribution in [2.75, 3.05) is 0 Å². The molecule has 0 amide bonds. The summed E-state index contributed by atoms with van der Waals surface area (Å²) in [6.07, 6.45) is 11.0. The third-order valence-corrected chi connectivity index (χ3v) is 7.75. The number of hydrogen-bond donors (Lipinski definition) is 0. The monoisotopic (exact) mass is 263 g/mol. The van der Waals surface area contributed by atoms with Gasteiger partial charge in [-0.1, -0.05) is 51.2 Å². The number of allylic oxidation sites excluding steroid dienone is 5. The van der Waals surface area contributed by atoms with Crippen molar-refractivity contribution in [2.45, 2.75) is 51.9 Å². The van der Waals surface area contributed by atoms with E-state index in [0.717, 1.165) is 0 Å². The normalized spacial score (nSPS) is 15.6. The van der Waals surface area contributed by atoms with Gasteiger partial charge in [-0.2, -0.15) is 5.26 Å². The lowest BCUT2D eigenvalue weighted by Gasteiger charge is -2.37. The van der Waals surface area contributed by atoms with Gasteiger partial charge in [-0.05, 0) is 25.1 Å². The molecule has 0 bridgehead atoms. The molecule has 0 saturated heterocycles. The third-order valence-electron chi connectivity index (χ3n) is 3.17. The Morgan fingerprint density at radius 2 is 1.67 bits per heavy atom. The lowest BCUT2D eigenvalue weighted by Crippen LogP contribution is -2.42. The first-order valence-corrected chi connectivity index (χ1v) is 9.19. The fraction of sp³-hybridized carbons (Fsp3) is 0.533. The zero-order valence-electron chi connectivity index (χ0n) is 12.4. The maximum atomic E-state index is 8.31. The van der Waals surface area contributed by atoms with Crippen molar-refractivity contribution >= 4 is 8.32 Å². The van der Waals surface area contributed by atoms with Crippen molar-refractivity contribution in [3.8, 4) is 6.07 Å². The van der Waals surface area contributed by atoms with Crippen LogP contribution in [0.1, 0.15) is 27.7 Å². The third kappa shape index (κ3) is 6.58. The summed E-state index contributed by atoms with van der Waals surface area (Å²) >= 11 is 0. The molecule has 18 heavy (non-hydrogen) atoms. The zero-order valence-corrected chi connectivity index (χ0v) is 13.4. The van der Waals surface area contributed by atoms with E-state index >= 15 is 0 Å². The average Bonchev–Trinajstić information content (AvgIpc) is 2.20. The second-order valence-electron chi connectivity index (χ2n) is 5.84. The summed E-state index contributed by atoms with van der Waals surface area (Å²) in [5.74, 6) is 0. The van der Waals surface area contributed by atoms with E-state index in [1.165, 1.54) is 6.08 Å². The van der Waals surface area contributed by atoms with E-state index in [9.17, 15) is 0 Å². The molecule has 0 aromatic heterocycles. The molecule has 0 aliphatic heterocycles. The maximum absolute atomic E-state index is 8.31. The van der Waals surface area contributed by atoms with Gasteiger partial charge in [-0.25, -0.2) is 0 Å². The van der Waals surface area contributed by atoms with Crippen molar-refractivity contribution in [1.29, 1.82) is 5.26 Å². The van der Waals surface area contributed by atoms with Crippen LogP contribution in [0.4, 0.5) is 0 Å². The Balaban J connectivity index is 4.32. The second-order valence-corrected chi connectivity index (χ2v) is 10.6. The molecule has 3 heteroatoms. The fourth-order valence-corrected chi connectivity index (χ4v) is 2.49. The Morgan fingerprint density at radius 3 is 2.17 bits per heavy atom. The number of hydrogen-bond acceptors (Lipinski definition) is 2. The highest BCUT2D eigenvalue weighted by atomic mass is 28.4. The first-order chi connectivity index (χ1) is 8.20. The zero-order chi connectivity index (χ0) is 14.2. The molecule has 0 aromatic rings. The van der Waals surface area contributed by atoms with Gasteiger partial charge in [0.25, 0.3) is 0 Å². The van der Waals surface area contributed by atoms with E-state index in [-0.39, 0.29) is 11.1 Å². The number of nitrogens with zero attached hydrogens (tertiary/aromatic N) is 1. The highest BCUT2D eigenvalue weighted by molar-refractivity contribution is 6.74. The van der Waals surface area contributed by atoms with Gasteiger partial charge in [-0.15, -0.1) is 0 Å². The van der Waals surface area contributed by atoms with Crippen LogP contribution in [0.25, 0.3) is 0 Å². The molecule has 0 aliphatic carbocycles. The Morgan fingerprint density at radius 1 is 1.11 bits per heavy atom. The molecule has 0 fully saturated rings. The van der Waals surface area contributed by atoms with E-state index < -0.39 is 8.32 Å². The van der Waals surface area contributed by atoms with Gasteiger partial charge in [0.1, 0.15) is 0 Å². The molecule has 100 valence electrons. The summed E-state index contributed by atoms with van der Waals surface area (Å²) in [5, 5.41) is 8.55. The Bertz CT molecular complexity index is 367. The van der Waals surface area contributed by atoms with Gasteiger partial charge in [-0.3, -0.25) is 0 Å². The van der Waals surface area contributed by atoms with Crippen LogP contribution >= 0.6 is 0 Å². The quantitative estimate of drug-likeness (QED) is 0.413. The molecule has 0 aromatic carbocycles. The molecule has 0 N–H and O–H groups in total. The highest BCUT2D eigenvalue weighted by Crippen LogP contribution is 2.37. The standard InChI is InChI=1S/C15H25NOSi/c1-14(12-10-8-7-9-11-13-16)17-18(5,6)15(2,3)4/h7-12,14H,1-6H3/b8-7+,11-9+,12-10+/t14-/m1/s1. The summed E-state index contributed by atoms with van der Waals surface area (Å²) in [5.41, 5.74) is 0. The van der Waals surface area contributed by atoms with Gasteiger partial charge >= 0.3 is 0 Å². The average molecular weight is 263 g/mol. The van der Waals surface area contributed by atoms with Crippen LogP contribution in [0.3, 0.4) is 0 Å². The molecule has 0 saturated carbocycles. The lowest BCUT2D eigenvalue weighted by molar-refractivity contribution is 0.243. The van der Waals surface area contributed by atoms with E-state index in [1.807, 2.05) is 30.4 Å². The van der Waals surface area contributed by atoms with E-state index in [0.29, 0.717) is 0 Å². The first kappa shape index (κ1) is 16.9. The Hall–Kier alpha value is -1.11. The van der Waals surface area contributed by atoms with Crippen molar-refractivity contribution in [1.82, 2.24) is 0 Å². The molecule has 0 rings (SSSR count). The smallest absolute Gasteiger partial charge is 0.192 e. The van der Waals surface area contributed by atoms with Crippen LogP contribution < -0.4 is 0 Å². The molecule has 0 unspecified atom stereocenters. The maximum Gasteiger partial charge on any atom is 0.192 e. The predicted molar refractivity (Wildman–Crippen MR) is 80.8 cm³/mol. The van der Waals surface area contributed by atoms with E-state index in [1.54, 1.807) is 6.08 Å². The van der Waals surface area contributed by atoms with Crippen molar-refractivity contribution in [3.63, 3.8) is 0 Å². The van der Waals surface area contributed by atoms with Crippen molar-refractivity contribution in [2.24, 2.45) is 0 Å². The molecule has 0 aliphatic rings. The van der Waals surface area contributed by atoms with Gasteiger partial charge in [0.05, 0.1) is 12.2 Å². The minimum atomic E-state index is -1.68. The second kappa shape index (κ2) is 7.35. The van der Waals surface area contributed by atoms with Crippen LogP contribution in [0.15, 0.2) is 36.5 Å². The molecule has 2 nitrogen and oxygen atoms in total. The molecule has 0 radical (unpaired) electrons. The van der Waals surface area contributed by atoms with Crippen LogP contribution in [0.5, 0.6) is 0 Å². The van der Waals surface area contributed by atoms with Gasteiger partial charge in [0.15, 0.2) is 8.32 Å². The molecule has 0 heterocycles. The van der Waals surface area contributed by atoms with Crippen LogP contribution in [0.2, 0.25) is 18.1 Å². The molecule has 1 atom stereocenters. The lowest BCUT2D eigenvalue weighted by atomic mass is 10.2. The van der Waals surface area contributed by atoms with Gasteiger partial charge in [0, 0.05) is 6.08 Å². The highest BCUT2D eigenvalue weighted by Gasteiger charge is 2.37. The SMILES string of the molecule is C[C@H](/C=C/C=C/C=C/C#N)O[Si](C)(C)C(C)(C)C. The summed E-state index contributed by atoms with van der Waals surface area (Å²) in [6, 6.07) is 1.94. The topological polar surface area (TPSA) is 33.0 Å². The van der Waals surface area contributed by atoms with E-state index in [2.05, 4.69) is 40.8 Å². The fourth-order valence-electron chi connectivity index (χ4n) is 1.13. The minimum absolute atomic E-state index is 0.121. The summed E-state index contributed by atoms with van der Waals surface area (Å²) in [6.45, 7) is 13.3. The summed E-state index contributed by atoms with van der Waals surface area (Å²) in [4.78, 5) is 0. The van der Waals surface area contributed by atoms with Crippen molar-refractivity contribution < 1.29 is 4.43 Å². The van der Waals surface area contributed by atoms with Crippen molar-refractivity contribution in [3.05, 3.63) is 36.5 Å². The molecule has 0 spiro atoms. The Kier molecular flexibility index (Phi) is 6.90. The van der Waals surface area contributed by atoms with Crippen LogP contribution in [-0.2, 0) is 4.43 Å². The predicted octanol–water partition coefficient (Wildman–Crippen LogP) is 4.59. The molecular weight excluding hydrogens is 238 g/mol. The van der Waals surface area contributed by atoms with Gasteiger partial charge in [0.2, 0.25) is 0 Å². The van der Waals surface area contributed by atoms with Gasteiger partial charge < -0.3 is 4.43 Å². The van der Waals surface area contributed by atoms with Crippen LogP contribution in [-0.4, -0.2) is 14.4 Å². The van der Waals surface area contributed by atoms with Crippen LogP contribution in [0, 0.1) is 11.3 Å². The number of nitriles is 1. The Labute approximate surface area is 113 Å². The largest absolute Gasteiger partial charge is 0.411 e. The molecular formula is C15H25NOSi. The van der Waals surface area contributed by atoms with E-state index in [4.69, 9.17) is 9.69 Å².